The second kappa shape index (κ2) is 14.7. The van der Waals surface area contributed by atoms with Crippen LogP contribution in [0, 0.1) is 0 Å². The Hall–Kier alpha value is -8.34. The number of fused-ring (bicyclic) bond motifs is 8. The zero-order valence-corrected chi connectivity index (χ0v) is 31.8. The summed E-state index contributed by atoms with van der Waals surface area (Å²) in [6.07, 6.45) is 0. The number of furan rings is 1. The molecule has 0 aliphatic carbocycles. The van der Waals surface area contributed by atoms with Crippen LogP contribution in [0.1, 0.15) is 32.9 Å². The number of nitrogens with zero attached hydrogens (tertiary/aromatic N) is 3. The van der Waals surface area contributed by atoms with Crippen LogP contribution in [-0.2, 0) is 0 Å². The number of hydrogen-bond acceptors (Lipinski definition) is 4. The van der Waals surface area contributed by atoms with Crippen LogP contribution in [0.2, 0.25) is 0 Å². The summed E-state index contributed by atoms with van der Waals surface area (Å²) in [5, 5.41) is 2.87. The molecule has 0 unspecified atom stereocenters. The molecule has 0 aliphatic rings. The fourth-order valence-corrected chi connectivity index (χ4v) is 7.60. The van der Waals surface area contributed by atoms with Crippen molar-refractivity contribution in [1.82, 2.24) is 9.97 Å². The fourth-order valence-electron chi connectivity index (χ4n) is 7.60. The number of pyridine rings is 2. The van der Waals surface area contributed by atoms with Gasteiger partial charge >= 0.3 is 0 Å². The second-order valence-corrected chi connectivity index (χ2v) is 13.9. The van der Waals surface area contributed by atoms with E-state index in [9.17, 15) is 5.48 Å². The highest BCUT2D eigenvalue weighted by atomic mass is 16.3. The third kappa shape index (κ3) is 6.16. The number of anilines is 3. The fraction of sp³-hybridized carbons (Fsp3) is 0. The van der Waals surface area contributed by atoms with Crippen LogP contribution in [0.15, 0.2) is 228 Å². The normalized spacial score (nSPS) is 17.0. The van der Waals surface area contributed by atoms with E-state index >= 15 is 0 Å². The smallest absolute Gasteiger partial charge is 0.135 e. The van der Waals surface area contributed by atoms with Crippen LogP contribution in [0.5, 0.6) is 0 Å². The van der Waals surface area contributed by atoms with E-state index in [-0.39, 0.29) is 33.2 Å². The Morgan fingerprint density at radius 2 is 1.06 bits per heavy atom. The van der Waals surface area contributed by atoms with E-state index in [1.807, 2.05) is 36.4 Å². The third-order valence-electron chi connectivity index (χ3n) is 10.4. The Morgan fingerprint density at radius 1 is 0.403 bits per heavy atom. The molecule has 3 heterocycles. The molecule has 0 N–H and O–H groups in total. The SMILES string of the molecule is [2H]c1c([2H])c([2H])c(-c2nc(-c3ccc4c(c3)nc(-c3ccc(N(c5c([2H])c([2H])c([2H])c([2H])c5[2H])c5c([2H])c([2H])c6oc7c([2H])c([2H])c([2H])c([2H])c7c6c5[2H])cc3)c3ccc5ccccc5c34)c([2H])c(-c3c([2H])c([2H])c([2H])c([2H])c3[2H])c2[2H])c([2H])c1[2H]. The van der Waals surface area contributed by atoms with Crippen molar-refractivity contribution < 1.29 is 37.3 Å². The van der Waals surface area contributed by atoms with Gasteiger partial charge in [0.1, 0.15) is 11.2 Å². The van der Waals surface area contributed by atoms with Crippen molar-refractivity contribution in [3.05, 3.63) is 224 Å². The molecule has 0 aliphatic heterocycles. The Balaban J connectivity index is 1.12. The van der Waals surface area contributed by atoms with Crippen molar-refractivity contribution >= 4 is 71.4 Å². The summed E-state index contributed by atoms with van der Waals surface area (Å²) in [5.41, 5.74) is -3.24. The van der Waals surface area contributed by atoms with Gasteiger partial charge in [-0.2, -0.15) is 0 Å². The molecule has 4 nitrogen and oxygen atoms in total. The van der Waals surface area contributed by atoms with Gasteiger partial charge in [0.2, 0.25) is 0 Å². The topological polar surface area (TPSA) is 42.2 Å². The van der Waals surface area contributed by atoms with Crippen LogP contribution in [0.25, 0.3) is 99.3 Å². The molecule has 0 saturated heterocycles. The monoisotopic (exact) mass is 815 g/mol. The molecular weight excluding hydrogens is 755 g/mol. The van der Waals surface area contributed by atoms with Crippen LogP contribution in [-0.4, -0.2) is 9.97 Å². The number of aromatic nitrogens is 2. The molecule has 62 heavy (non-hydrogen) atoms. The summed E-state index contributed by atoms with van der Waals surface area (Å²) in [4.78, 5) is 10.9. The van der Waals surface area contributed by atoms with Crippen molar-refractivity contribution in [2.24, 2.45) is 0 Å². The molecule has 3 aromatic heterocycles. The Kier molecular flexibility index (Phi) is 4.50. The van der Waals surface area contributed by atoms with Crippen molar-refractivity contribution in [3.8, 4) is 44.9 Å². The van der Waals surface area contributed by atoms with Crippen LogP contribution in [0.4, 0.5) is 17.1 Å². The number of hydrogen-bond donors (Lipinski definition) is 0. The minimum atomic E-state index is -0.784. The minimum Gasteiger partial charge on any atom is -0.456 e. The summed E-state index contributed by atoms with van der Waals surface area (Å²) in [6.45, 7) is 0. The van der Waals surface area contributed by atoms with Gasteiger partial charge in [-0.05, 0) is 88.4 Å². The second-order valence-electron chi connectivity index (χ2n) is 13.9. The molecule has 12 rings (SSSR count). The highest BCUT2D eigenvalue weighted by Crippen LogP contribution is 2.42. The molecule has 0 amide bonds. The molecule has 0 atom stereocenters. The largest absolute Gasteiger partial charge is 0.456 e. The summed E-state index contributed by atoms with van der Waals surface area (Å²) < 4.78 is 217. The number of benzene rings is 9. The van der Waals surface area contributed by atoms with Crippen molar-refractivity contribution in [3.63, 3.8) is 0 Å². The van der Waals surface area contributed by atoms with E-state index in [1.165, 1.54) is 12.1 Å². The Bertz CT molecular complexity index is 4980. The number of rotatable bonds is 7. The van der Waals surface area contributed by atoms with E-state index in [0.717, 1.165) is 15.7 Å². The van der Waals surface area contributed by atoms with Gasteiger partial charge in [-0.3, -0.25) is 0 Å². The maximum absolute atomic E-state index is 9.67. The van der Waals surface area contributed by atoms with Gasteiger partial charge in [0.25, 0.3) is 0 Å². The lowest BCUT2D eigenvalue weighted by Gasteiger charge is -2.25. The first-order chi connectivity index (χ1) is 40.7. The van der Waals surface area contributed by atoms with Crippen LogP contribution < -0.4 is 4.90 Å². The zero-order chi connectivity index (χ0) is 61.9. The zero-order valence-electron chi connectivity index (χ0n) is 55.8. The highest BCUT2D eigenvalue weighted by molar-refractivity contribution is 6.22. The molecule has 9 aromatic carbocycles. The Labute approximate surface area is 392 Å². The average molecular weight is 816 g/mol. The van der Waals surface area contributed by atoms with Gasteiger partial charge in [-0.15, -0.1) is 0 Å². The lowest BCUT2D eigenvalue weighted by molar-refractivity contribution is 0.669. The first-order valence-corrected chi connectivity index (χ1v) is 19.0. The first-order valence-electron chi connectivity index (χ1n) is 31.0. The van der Waals surface area contributed by atoms with Crippen LogP contribution >= 0.6 is 0 Å². The summed E-state index contributed by atoms with van der Waals surface area (Å²) >= 11 is 0. The minimum absolute atomic E-state index is 0.00251. The predicted molar refractivity (Wildman–Crippen MR) is 258 cm³/mol. The highest BCUT2D eigenvalue weighted by Gasteiger charge is 2.19. The van der Waals surface area contributed by atoms with Gasteiger partial charge in [-0.25, -0.2) is 9.97 Å². The molecule has 0 fully saturated rings. The maximum atomic E-state index is 9.67. The van der Waals surface area contributed by atoms with Gasteiger partial charge in [0.15, 0.2) is 0 Å². The third-order valence-corrected chi connectivity index (χ3v) is 10.4. The molecule has 290 valence electrons. The summed E-state index contributed by atoms with van der Waals surface area (Å²) in [7, 11) is 0. The van der Waals surface area contributed by atoms with Crippen molar-refractivity contribution in [2.75, 3.05) is 4.90 Å². The molecule has 0 saturated carbocycles. The lowest BCUT2D eigenvalue weighted by Crippen LogP contribution is -2.09. The predicted octanol–water partition coefficient (Wildman–Crippen LogP) is 16.0. The Morgan fingerprint density at radius 3 is 1.87 bits per heavy atom. The van der Waals surface area contributed by atoms with Crippen molar-refractivity contribution in [2.45, 2.75) is 0 Å². The van der Waals surface area contributed by atoms with E-state index in [4.69, 9.17) is 36.8 Å². The van der Waals surface area contributed by atoms with Gasteiger partial charge in [-0.1, -0.05) is 157 Å². The van der Waals surface area contributed by atoms with E-state index in [2.05, 4.69) is 4.98 Å². The van der Waals surface area contributed by atoms with E-state index < -0.39 is 190 Å². The standard InChI is InChI=1S/C58H37N3O/c1-4-14-38(15-5-1)43-35-52(40-17-6-2-7-18-40)59-53(36-43)42-27-31-49-54(34-42)60-58(50-32-26-39-16-10-11-21-47(39)57(49)50)41-24-28-45(29-25-41)61(44-19-8-3-9-20-44)46-30-33-56-51(37-46)48-22-12-13-23-55(48)62-56/h1-37H/i1D,2D,3D,4D,5D,6D,7D,8D,9D,12D,13D,14D,15D,17D,18D,19D,20D,22D,23D,30D,33D,35D,36D,37D. The quantitative estimate of drug-likeness (QED) is 0.150. The van der Waals surface area contributed by atoms with Gasteiger partial charge in [0.05, 0.1) is 55.5 Å². The molecule has 4 heteroatoms. The maximum Gasteiger partial charge on any atom is 0.135 e. The summed E-state index contributed by atoms with van der Waals surface area (Å²) in [5.74, 6) is 0. The molecular formula is C58H37N3O. The molecule has 0 bridgehead atoms. The van der Waals surface area contributed by atoms with E-state index in [1.54, 1.807) is 30.3 Å². The molecule has 12 aromatic rings. The van der Waals surface area contributed by atoms with Gasteiger partial charge in [0, 0.05) is 60.7 Å². The number of para-hydroxylation sites is 2. The average Bonchev–Trinajstić information content (AvgIpc) is 1.35. The summed E-state index contributed by atoms with van der Waals surface area (Å²) in [6, 6.07) is 4.76. The van der Waals surface area contributed by atoms with Crippen LogP contribution in [0.3, 0.4) is 0 Å². The van der Waals surface area contributed by atoms with Gasteiger partial charge < -0.3 is 9.32 Å². The lowest BCUT2D eigenvalue weighted by atomic mass is 9.94. The first kappa shape index (κ1) is 18.9. The van der Waals surface area contributed by atoms with Crippen molar-refractivity contribution in [1.29, 1.82) is 0 Å². The molecule has 0 radical (unpaired) electrons. The van der Waals surface area contributed by atoms with E-state index in [0.29, 0.717) is 27.4 Å². The molecule has 0 spiro atoms.